The topological polar surface area (TPSA) is 50.1 Å². The number of fused-ring (bicyclic) bond motifs is 1. The molecule has 5 nitrogen and oxygen atoms in total. The second kappa shape index (κ2) is 7.07. The standard InChI is InChI=1S/C17H24F2O5/c1-4-5-6-11-14(20-8-12-10(2)7-13(19)21-12)15-16(22-11)24-17(3,9-18)23-15/h7,11,14-16H,4-6,8-9H2,1-3H3/t11-,14+,15-,16?,17?/m1/s1. The van der Waals surface area contributed by atoms with Gasteiger partial charge in [-0.25, -0.2) is 4.39 Å². The van der Waals surface area contributed by atoms with Gasteiger partial charge in [0.25, 0.3) is 6.01 Å². The average Bonchev–Trinajstić information content (AvgIpc) is 3.14. The van der Waals surface area contributed by atoms with Crippen LogP contribution in [0, 0.1) is 12.9 Å². The molecule has 0 aromatic carbocycles. The quantitative estimate of drug-likeness (QED) is 0.755. The van der Waals surface area contributed by atoms with Crippen LogP contribution in [0.2, 0.25) is 0 Å². The summed E-state index contributed by atoms with van der Waals surface area (Å²) in [4.78, 5) is 0. The highest BCUT2D eigenvalue weighted by Crippen LogP contribution is 2.40. The SMILES string of the molecule is CCCC[C@H]1OC2OC(C)(CF)O[C@@H]2[C@H]1OCc1oc(F)cc1C. The van der Waals surface area contributed by atoms with Gasteiger partial charge < -0.3 is 23.4 Å². The molecule has 5 atom stereocenters. The van der Waals surface area contributed by atoms with Gasteiger partial charge in [0, 0.05) is 6.07 Å². The molecule has 0 amide bonds. The van der Waals surface area contributed by atoms with Crippen molar-refractivity contribution in [2.45, 2.75) is 77.0 Å². The van der Waals surface area contributed by atoms with Crippen LogP contribution in [0.1, 0.15) is 44.4 Å². The highest BCUT2D eigenvalue weighted by Gasteiger charge is 2.56. The first-order chi connectivity index (χ1) is 11.5. The Kier molecular flexibility index (Phi) is 5.24. The zero-order valence-electron chi connectivity index (χ0n) is 14.2. The van der Waals surface area contributed by atoms with Crippen molar-refractivity contribution in [1.29, 1.82) is 0 Å². The van der Waals surface area contributed by atoms with Gasteiger partial charge in [0.05, 0.1) is 6.10 Å². The van der Waals surface area contributed by atoms with Crippen molar-refractivity contribution in [3.63, 3.8) is 0 Å². The minimum Gasteiger partial charge on any atom is -0.433 e. The number of alkyl halides is 1. The summed E-state index contributed by atoms with van der Waals surface area (Å²) >= 11 is 0. The minimum absolute atomic E-state index is 0.103. The first kappa shape index (κ1) is 17.8. The van der Waals surface area contributed by atoms with Crippen molar-refractivity contribution in [3.8, 4) is 0 Å². The molecule has 0 N–H and O–H groups in total. The van der Waals surface area contributed by atoms with E-state index in [1.807, 2.05) is 0 Å². The molecule has 0 radical (unpaired) electrons. The molecule has 3 heterocycles. The summed E-state index contributed by atoms with van der Waals surface area (Å²) in [6, 6.07) is 0.677. The van der Waals surface area contributed by atoms with Crippen LogP contribution in [0.3, 0.4) is 0 Å². The fourth-order valence-electron chi connectivity index (χ4n) is 3.17. The highest BCUT2D eigenvalue weighted by molar-refractivity contribution is 5.14. The fourth-order valence-corrected chi connectivity index (χ4v) is 3.17. The van der Waals surface area contributed by atoms with Crippen LogP contribution in [0.15, 0.2) is 10.5 Å². The Morgan fingerprint density at radius 1 is 1.33 bits per heavy atom. The molecular weight excluding hydrogens is 322 g/mol. The van der Waals surface area contributed by atoms with Gasteiger partial charge in [-0.05, 0) is 25.8 Å². The van der Waals surface area contributed by atoms with E-state index in [0.717, 1.165) is 19.3 Å². The van der Waals surface area contributed by atoms with Crippen LogP contribution in [-0.4, -0.2) is 37.1 Å². The molecule has 136 valence electrons. The van der Waals surface area contributed by atoms with Crippen molar-refractivity contribution in [3.05, 3.63) is 23.4 Å². The summed E-state index contributed by atoms with van der Waals surface area (Å²) in [6.45, 7) is 4.72. The maximum atomic E-state index is 13.2. The lowest BCUT2D eigenvalue weighted by Gasteiger charge is -2.26. The normalized spacial score (nSPS) is 35.5. The third-order valence-corrected chi connectivity index (χ3v) is 4.50. The Balaban J connectivity index is 1.69. The van der Waals surface area contributed by atoms with E-state index in [2.05, 4.69) is 6.92 Å². The predicted octanol–water partition coefficient (Wildman–Crippen LogP) is 3.63. The molecule has 2 aliphatic heterocycles. The zero-order chi connectivity index (χ0) is 17.3. The average molecular weight is 346 g/mol. The minimum atomic E-state index is -1.31. The van der Waals surface area contributed by atoms with E-state index in [9.17, 15) is 8.78 Å². The summed E-state index contributed by atoms with van der Waals surface area (Å²) in [6.07, 6.45) is 1.01. The van der Waals surface area contributed by atoms with Crippen molar-refractivity contribution in [2.24, 2.45) is 0 Å². The lowest BCUT2D eigenvalue weighted by Crippen LogP contribution is -2.38. The number of hydrogen-bond acceptors (Lipinski definition) is 5. The van der Waals surface area contributed by atoms with Crippen LogP contribution in [-0.2, 0) is 25.6 Å². The third-order valence-electron chi connectivity index (χ3n) is 4.50. The summed E-state index contributed by atoms with van der Waals surface area (Å²) in [5.41, 5.74) is 0.685. The molecule has 3 rings (SSSR count). The van der Waals surface area contributed by atoms with Crippen LogP contribution in [0.5, 0.6) is 0 Å². The first-order valence-corrected chi connectivity index (χ1v) is 8.39. The molecule has 7 heteroatoms. The second-order valence-electron chi connectivity index (χ2n) is 6.59. The van der Waals surface area contributed by atoms with Crippen molar-refractivity contribution >= 4 is 0 Å². The Morgan fingerprint density at radius 2 is 2.12 bits per heavy atom. The number of furan rings is 1. The van der Waals surface area contributed by atoms with Crippen LogP contribution >= 0.6 is 0 Å². The number of rotatable bonds is 7. The number of aryl methyl sites for hydroxylation is 1. The van der Waals surface area contributed by atoms with E-state index < -0.39 is 37.0 Å². The first-order valence-electron chi connectivity index (χ1n) is 8.39. The lowest BCUT2D eigenvalue weighted by atomic mass is 10.1. The van der Waals surface area contributed by atoms with Gasteiger partial charge in [0.1, 0.15) is 31.2 Å². The Bertz CT molecular complexity index is 563. The lowest BCUT2D eigenvalue weighted by molar-refractivity contribution is -0.234. The summed E-state index contributed by atoms with van der Waals surface area (Å²) in [5.74, 6) is -0.878. The molecule has 2 aliphatic rings. The van der Waals surface area contributed by atoms with E-state index in [1.54, 1.807) is 13.8 Å². The molecule has 0 aliphatic carbocycles. The number of halogens is 2. The summed E-state index contributed by atoms with van der Waals surface area (Å²) < 4.78 is 54.4. The van der Waals surface area contributed by atoms with E-state index in [0.29, 0.717) is 11.3 Å². The van der Waals surface area contributed by atoms with Crippen molar-refractivity contribution in [2.75, 3.05) is 6.67 Å². The van der Waals surface area contributed by atoms with E-state index in [4.69, 9.17) is 23.4 Å². The Hall–Kier alpha value is -1.02. The smallest absolute Gasteiger partial charge is 0.278 e. The van der Waals surface area contributed by atoms with Gasteiger partial charge in [-0.1, -0.05) is 19.8 Å². The van der Waals surface area contributed by atoms with Gasteiger partial charge in [-0.2, -0.15) is 4.39 Å². The highest BCUT2D eigenvalue weighted by atomic mass is 19.1. The van der Waals surface area contributed by atoms with Crippen LogP contribution in [0.4, 0.5) is 8.78 Å². The van der Waals surface area contributed by atoms with E-state index in [-0.39, 0.29) is 12.7 Å². The maximum absolute atomic E-state index is 13.2. The molecule has 1 aromatic rings. The fraction of sp³-hybridized carbons (Fsp3) is 0.765. The monoisotopic (exact) mass is 346 g/mol. The molecule has 2 saturated heterocycles. The third kappa shape index (κ3) is 3.49. The Morgan fingerprint density at radius 3 is 2.75 bits per heavy atom. The molecule has 0 spiro atoms. The zero-order valence-corrected chi connectivity index (χ0v) is 14.2. The number of unbranched alkanes of at least 4 members (excludes halogenated alkanes) is 1. The predicted molar refractivity (Wildman–Crippen MR) is 80.5 cm³/mol. The number of hydrogen-bond donors (Lipinski definition) is 0. The van der Waals surface area contributed by atoms with Gasteiger partial charge >= 0.3 is 0 Å². The summed E-state index contributed by atoms with van der Waals surface area (Å²) in [7, 11) is 0. The molecule has 0 bridgehead atoms. The van der Waals surface area contributed by atoms with Gasteiger partial charge in [-0.3, -0.25) is 0 Å². The van der Waals surface area contributed by atoms with Crippen molar-refractivity contribution < 1.29 is 32.1 Å². The van der Waals surface area contributed by atoms with Gasteiger partial charge in [0.15, 0.2) is 12.1 Å². The largest absolute Gasteiger partial charge is 0.433 e. The maximum Gasteiger partial charge on any atom is 0.278 e. The Labute approximate surface area is 140 Å². The van der Waals surface area contributed by atoms with Gasteiger partial charge in [-0.15, -0.1) is 0 Å². The van der Waals surface area contributed by atoms with E-state index in [1.165, 1.54) is 6.07 Å². The molecule has 2 unspecified atom stereocenters. The van der Waals surface area contributed by atoms with Gasteiger partial charge in [0.2, 0.25) is 0 Å². The van der Waals surface area contributed by atoms with Crippen LogP contribution < -0.4 is 0 Å². The van der Waals surface area contributed by atoms with Crippen LogP contribution in [0.25, 0.3) is 0 Å². The number of ether oxygens (including phenoxy) is 4. The van der Waals surface area contributed by atoms with Crippen molar-refractivity contribution in [1.82, 2.24) is 0 Å². The molecule has 0 saturated carbocycles. The molecule has 1 aromatic heterocycles. The molecular formula is C17H24F2O5. The summed E-state index contributed by atoms with van der Waals surface area (Å²) in [5, 5.41) is 0. The molecule has 24 heavy (non-hydrogen) atoms. The van der Waals surface area contributed by atoms with E-state index >= 15 is 0 Å². The molecule has 2 fully saturated rings. The second-order valence-corrected chi connectivity index (χ2v) is 6.59.